The van der Waals surface area contributed by atoms with Gasteiger partial charge in [0.1, 0.15) is 11.3 Å². The van der Waals surface area contributed by atoms with E-state index in [4.69, 9.17) is 11.7 Å². The fraction of sp³-hybridized carbons (Fsp3) is 0.0500. The van der Waals surface area contributed by atoms with Crippen molar-refractivity contribution in [2.75, 3.05) is 0 Å². The number of aromatic nitrogens is 3. The normalized spacial score (nSPS) is 11.7. The third-order valence-electron chi connectivity index (χ3n) is 4.42. The minimum Gasteiger partial charge on any atom is -0.321 e. The molecule has 4 rings (SSSR count). The molecule has 7 nitrogen and oxygen atoms in total. The number of fused-ring (bicyclic) bond motifs is 1. The molecule has 134 valence electrons. The minimum absolute atomic E-state index is 0.355. The summed E-state index contributed by atoms with van der Waals surface area (Å²) in [6.45, 7) is 1.99. The van der Waals surface area contributed by atoms with Gasteiger partial charge in [-0.25, -0.2) is 10.8 Å². The second kappa shape index (κ2) is 6.89. The second-order valence-corrected chi connectivity index (χ2v) is 6.12. The molecule has 27 heavy (non-hydrogen) atoms. The van der Waals surface area contributed by atoms with Gasteiger partial charge in [0.05, 0.1) is 11.9 Å². The van der Waals surface area contributed by atoms with Crippen molar-refractivity contribution in [3.63, 3.8) is 0 Å². The van der Waals surface area contributed by atoms with Crippen LogP contribution in [-0.2, 0) is 0 Å². The Kier molecular flexibility index (Phi) is 4.27. The number of hydrogen-bond donors (Lipinski definition) is 3. The number of nitrogens with zero attached hydrogens (tertiary/aromatic N) is 4. The highest BCUT2D eigenvalue weighted by Gasteiger charge is 2.13. The first kappa shape index (κ1) is 16.7. The molecule has 3 heterocycles. The quantitative estimate of drug-likeness (QED) is 0.226. The lowest BCUT2D eigenvalue weighted by Gasteiger charge is -2.11. The van der Waals surface area contributed by atoms with Crippen LogP contribution in [0.25, 0.3) is 28.0 Å². The van der Waals surface area contributed by atoms with E-state index in [0.29, 0.717) is 11.5 Å². The number of benzene rings is 1. The number of nitrogens with two attached hydrogens (primary N) is 2. The molecule has 0 aliphatic heterocycles. The van der Waals surface area contributed by atoms with Crippen LogP contribution in [0.4, 0.5) is 0 Å². The number of rotatable bonds is 3. The van der Waals surface area contributed by atoms with E-state index in [2.05, 4.69) is 32.6 Å². The Balaban J connectivity index is 1.90. The Morgan fingerprint density at radius 1 is 1.04 bits per heavy atom. The van der Waals surface area contributed by atoms with Crippen LogP contribution in [0, 0.1) is 6.92 Å². The van der Waals surface area contributed by atoms with Crippen LogP contribution in [0.2, 0.25) is 0 Å². The van der Waals surface area contributed by atoms with E-state index in [1.165, 1.54) is 0 Å². The lowest BCUT2D eigenvalue weighted by molar-refractivity contribution is 0.985. The zero-order valence-corrected chi connectivity index (χ0v) is 14.8. The summed E-state index contributed by atoms with van der Waals surface area (Å²) in [5.74, 6) is 11.3. The molecule has 0 saturated heterocycles. The van der Waals surface area contributed by atoms with Gasteiger partial charge in [-0.1, -0.05) is 30.3 Å². The molecule has 5 N–H and O–H groups in total. The summed E-state index contributed by atoms with van der Waals surface area (Å²) in [7, 11) is 0. The van der Waals surface area contributed by atoms with Crippen LogP contribution in [0.15, 0.2) is 72.1 Å². The molecule has 0 aliphatic carbocycles. The number of hydrogen-bond acceptors (Lipinski definition) is 5. The maximum Gasteiger partial charge on any atom is 0.185 e. The molecule has 4 aromatic rings. The van der Waals surface area contributed by atoms with E-state index in [1.807, 2.05) is 60.0 Å². The van der Waals surface area contributed by atoms with Crippen LogP contribution in [0.5, 0.6) is 0 Å². The molecule has 0 spiro atoms. The Labute approximate surface area is 156 Å². The van der Waals surface area contributed by atoms with Crippen molar-refractivity contribution in [2.24, 2.45) is 16.8 Å². The predicted molar refractivity (Wildman–Crippen MR) is 107 cm³/mol. The molecule has 7 heteroatoms. The zero-order chi connectivity index (χ0) is 18.8. The molecule has 0 amide bonds. The number of pyridine rings is 2. The fourth-order valence-electron chi connectivity index (χ4n) is 3.14. The van der Waals surface area contributed by atoms with Gasteiger partial charge in [0.25, 0.3) is 0 Å². The standard InChI is InChI=1S/C20H19N7/c1-13-5-4-8-17(24-13)16-7-3-2-6-15(16)14-9-10-19-23-11-18(27(19)12-14)20(25-21)26-22/h2-12H,21-22H2,1H3,(H,25,26). The summed E-state index contributed by atoms with van der Waals surface area (Å²) in [4.78, 5) is 9.05. The lowest BCUT2D eigenvalue weighted by atomic mass is 9.98. The Bertz CT molecular complexity index is 1140. The van der Waals surface area contributed by atoms with Gasteiger partial charge >= 0.3 is 0 Å². The molecular weight excluding hydrogens is 338 g/mol. The Morgan fingerprint density at radius 2 is 1.85 bits per heavy atom. The van der Waals surface area contributed by atoms with E-state index < -0.39 is 0 Å². The van der Waals surface area contributed by atoms with Gasteiger partial charge in [-0.15, -0.1) is 0 Å². The highest BCUT2D eigenvalue weighted by Crippen LogP contribution is 2.31. The highest BCUT2D eigenvalue weighted by atomic mass is 15.3. The van der Waals surface area contributed by atoms with Gasteiger partial charge in [-0.2, -0.15) is 5.10 Å². The second-order valence-electron chi connectivity index (χ2n) is 6.12. The lowest BCUT2D eigenvalue weighted by Crippen LogP contribution is -2.33. The van der Waals surface area contributed by atoms with Crippen molar-refractivity contribution in [3.05, 3.63) is 78.4 Å². The number of hydrazine groups is 1. The summed E-state index contributed by atoms with van der Waals surface area (Å²) in [6, 6.07) is 18.2. The Morgan fingerprint density at radius 3 is 2.59 bits per heavy atom. The van der Waals surface area contributed by atoms with Crippen LogP contribution in [0.3, 0.4) is 0 Å². The van der Waals surface area contributed by atoms with Crippen molar-refractivity contribution >= 4 is 11.5 Å². The third-order valence-corrected chi connectivity index (χ3v) is 4.42. The van der Waals surface area contributed by atoms with Crippen LogP contribution < -0.4 is 17.1 Å². The molecule has 0 aliphatic rings. The van der Waals surface area contributed by atoms with E-state index in [0.717, 1.165) is 33.7 Å². The van der Waals surface area contributed by atoms with Gasteiger partial charge in [-0.3, -0.25) is 9.38 Å². The van der Waals surface area contributed by atoms with Gasteiger partial charge in [-0.05, 0) is 42.3 Å². The van der Waals surface area contributed by atoms with E-state index in [-0.39, 0.29) is 0 Å². The number of aryl methyl sites for hydroxylation is 1. The topological polar surface area (TPSA) is 107 Å². The molecule has 1 aromatic carbocycles. The summed E-state index contributed by atoms with van der Waals surface area (Å²) in [5, 5.41) is 3.69. The van der Waals surface area contributed by atoms with E-state index in [9.17, 15) is 0 Å². The monoisotopic (exact) mass is 357 g/mol. The molecule has 0 saturated carbocycles. The zero-order valence-electron chi connectivity index (χ0n) is 14.8. The molecule has 0 bridgehead atoms. The largest absolute Gasteiger partial charge is 0.321 e. The molecule has 3 aromatic heterocycles. The number of hydrazone groups is 1. The van der Waals surface area contributed by atoms with E-state index in [1.54, 1.807) is 6.20 Å². The molecule has 0 unspecified atom stereocenters. The van der Waals surface area contributed by atoms with Gasteiger partial charge in [0.2, 0.25) is 0 Å². The summed E-state index contributed by atoms with van der Waals surface area (Å²) in [5.41, 5.74) is 9.03. The van der Waals surface area contributed by atoms with Crippen molar-refractivity contribution in [1.82, 2.24) is 19.8 Å². The van der Waals surface area contributed by atoms with Gasteiger partial charge < -0.3 is 11.3 Å². The average molecular weight is 357 g/mol. The SMILES string of the molecule is Cc1cccc(-c2ccccc2-c2ccc3ncc(C(=NN)NN)n3c2)n1. The highest BCUT2D eigenvalue weighted by molar-refractivity contribution is 5.97. The molecule has 0 radical (unpaired) electrons. The number of nitrogens with one attached hydrogen (secondary N) is 1. The average Bonchev–Trinajstić information content (AvgIpc) is 3.12. The third kappa shape index (κ3) is 3.00. The molecule has 0 atom stereocenters. The first-order chi connectivity index (χ1) is 13.2. The summed E-state index contributed by atoms with van der Waals surface area (Å²) >= 11 is 0. The summed E-state index contributed by atoms with van der Waals surface area (Å²) in [6.07, 6.45) is 3.67. The first-order valence-electron chi connectivity index (χ1n) is 8.46. The summed E-state index contributed by atoms with van der Waals surface area (Å²) < 4.78 is 1.90. The van der Waals surface area contributed by atoms with Crippen LogP contribution in [-0.4, -0.2) is 20.2 Å². The van der Waals surface area contributed by atoms with Crippen LogP contribution >= 0.6 is 0 Å². The Hall–Kier alpha value is -3.71. The fourth-order valence-corrected chi connectivity index (χ4v) is 3.14. The van der Waals surface area contributed by atoms with Crippen molar-refractivity contribution in [1.29, 1.82) is 0 Å². The van der Waals surface area contributed by atoms with Crippen LogP contribution in [0.1, 0.15) is 11.4 Å². The maximum absolute atomic E-state index is 5.52. The van der Waals surface area contributed by atoms with E-state index >= 15 is 0 Å². The van der Waals surface area contributed by atoms with Gasteiger partial charge in [0.15, 0.2) is 5.84 Å². The van der Waals surface area contributed by atoms with Gasteiger partial charge in [0, 0.05) is 17.5 Å². The van der Waals surface area contributed by atoms with Crippen molar-refractivity contribution in [2.45, 2.75) is 6.92 Å². The number of amidine groups is 1. The number of imidazole rings is 1. The first-order valence-corrected chi connectivity index (χ1v) is 8.46. The molecule has 0 fully saturated rings. The molecular formula is C20H19N7. The smallest absolute Gasteiger partial charge is 0.185 e. The predicted octanol–water partition coefficient (Wildman–Crippen LogP) is 2.46. The maximum atomic E-state index is 5.52. The van der Waals surface area contributed by atoms with Crippen molar-refractivity contribution in [3.8, 4) is 22.4 Å². The van der Waals surface area contributed by atoms with Crippen molar-refractivity contribution < 1.29 is 0 Å². The minimum atomic E-state index is 0.355.